The van der Waals surface area contributed by atoms with E-state index >= 15 is 0 Å². The first-order chi connectivity index (χ1) is 9.08. The third kappa shape index (κ3) is 3.60. The standard InChI is InChI=1S/C10H12BrClFN3O3S/c1-16(2)7(17)4-15-20(18,19)6-3-5(12)8(11)10(14)9(6)13/h3,15H,4,14H2,1-2H3. The highest BCUT2D eigenvalue weighted by molar-refractivity contribution is 9.10. The quantitative estimate of drug-likeness (QED) is 0.598. The van der Waals surface area contributed by atoms with Crippen molar-refractivity contribution < 1.29 is 17.6 Å². The molecule has 0 bridgehead atoms. The normalized spacial score (nSPS) is 11.4. The summed E-state index contributed by atoms with van der Waals surface area (Å²) in [5.41, 5.74) is 4.99. The second-order valence-corrected chi connectivity index (χ2v) is 6.95. The van der Waals surface area contributed by atoms with E-state index in [2.05, 4.69) is 15.9 Å². The number of benzene rings is 1. The van der Waals surface area contributed by atoms with Gasteiger partial charge in [0.2, 0.25) is 15.9 Å². The van der Waals surface area contributed by atoms with E-state index < -0.39 is 38.9 Å². The Morgan fingerprint density at radius 2 is 2.10 bits per heavy atom. The molecule has 0 aliphatic rings. The highest BCUT2D eigenvalue weighted by Crippen LogP contribution is 2.34. The molecule has 1 aromatic carbocycles. The van der Waals surface area contributed by atoms with Gasteiger partial charge in [-0.2, -0.15) is 0 Å². The van der Waals surface area contributed by atoms with Gasteiger partial charge in [-0.3, -0.25) is 4.79 Å². The summed E-state index contributed by atoms with van der Waals surface area (Å²) in [4.78, 5) is 11.8. The van der Waals surface area contributed by atoms with Crippen molar-refractivity contribution in [3.63, 3.8) is 0 Å². The fourth-order valence-corrected chi connectivity index (χ4v) is 2.84. The van der Waals surface area contributed by atoms with Crippen LogP contribution in [0.3, 0.4) is 0 Å². The van der Waals surface area contributed by atoms with Crippen molar-refractivity contribution in [1.82, 2.24) is 9.62 Å². The number of anilines is 1. The zero-order valence-corrected chi connectivity index (χ0v) is 13.7. The lowest BCUT2D eigenvalue weighted by Gasteiger charge is -2.13. The largest absolute Gasteiger partial charge is 0.395 e. The minimum Gasteiger partial charge on any atom is -0.395 e. The number of likely N-dealkylation sites (N-methyl/N-ethyl adjacent to an activating group) is 1. The number of nitrogen functional groups attached to an aromatic ring is 1. The summed E-state index contributed by atoms with van der Waals surface area (Å²) < 4.78 is 39.8. The number of hydrogen-bond acceptors (Lipinski definition) is 4. The molecule has 6 nitrogen and oxygen atoms in total. The molecule has 112 valence electrons. The molecule has 0 saturated carbocycles. The van der Waals surface area contributed by atoms with Crippen molar-refractivity contribution in [2.24, 2.45) is 0 Å². The van der Waals surface area contributed by atoms with E-state index in [1.807, 2.05) is 4.72 Å². The van der Waals surface area contributed by atoms with Crippen LogP contribution in [0.1, 0.15) is 0 Å². The number of sulfonamides is 1. The molecule has 0 heterocycles. The minimum absolute atomic E-state index is 0.0526. The number of carbonyl (C=O) groups excluding carboxylic acids is 1. The average Bonchev–Trinajstić information content (AvgIpc) is 2.37. The maximum absolute atomic E-state index is 13.9. The lowest BCUT2D eigenvalue weighted by molar-refractivity contribution is -0.127. The summed E-state index contributed by atoms with van der Waals surface area (Å²) >= 11 is 8.69. The van der Waals surface area contributed by atoms with E-state index in [-0.39, 0.29) is 9.50 Å². The van der Waals surface area contributed by atoms with Gasteiger partial charge in [-0.05, 0) is 22.0 Å². The van der Waals surface area contributed by atoms with E-state index in [1.54, 1.807) is 0 Å². The van der Waals surface area contributed by atoms with E-state index in [4.69, 9.17) is 17.3 Å². The molecule has 0 atom stereocenters. The first-order valence-corrected chi connectivity index (χ1v) is 7.86. The van der Waals surface area contributed by atoms with E-state index in [0.717, 1.165) is 6.07 Å². The maximum atomic E-state index is 13.9. The highest BCUT2D eigenvalue weighted by atomic mass is 79.9. The first-order valence-electron chi connectivity index (χ1n) is 5.20. The summed E-state index contributed by atoms with van der Waals surface area (Å²) in [7, 11) is -1.31. The Labute approximate surface area is 129 Å². The van der Waals surface area contributed by atoms with Crippen LogP contribution in [0.15, 0.2) is 15.4 Å². The molecule has 1 rings (SSSR count). The molecule has 0 aliphatic carbocycles. The predicted octanol–water partition coefficient (Wildman–Crippen LogP) is 1.19. The molecule has 0 saturated heterocycles. The van der Waals surface area contributed by atoms with Gasteiger partial charge in [0.1, 0.15) is 4.90 Å². The van der Waals surface area contributed by atoms with Crippen molar-refractivity contribution in [2.75, 3.05) is 26.4 Å². The number of nitrogens with one attached hydrogen (secondary N) is 1. The molecule has 20 heavy (non-hydrogen) atoms. The van der Waals surface area contributed by atoms with Crippen LogP contribution in [-0.2, 0) is 14.8 Å². The zero-order valence-electron chi connectivity index (χ0n) is 10.6. The number of rotatable bonds is 4. The van der Waals surface area contributed by atoms with Crippen LogP contribution in [0.2, 0.25) is 5.02 Å². The van der Waals surface area contributed by atoms with Gasteiger partial charge in [0.05, 0.1) is 21.7 Å². The summed E-state index contributed by atoms with van der Waals surface area (Å²) in [6, 6.07) is 0.916. The number of nitrogens with two attached hydrogens (primary N) is 1. The molecule has 3 N–H and O–H groups in total. The summed E-state index contributed by atoms with van der Waals surface area (Å²) in [5.74, 6) is -1.61. The number of nitrogens with zero attached hydrogens (tertiary/aromatic N) is 1. The molecular weight excluding hydrogens is 377 g/mol. The van der Waals surface area contributed by atoms with Gasteiger partial charge in [-0.1, -0.05) is 11.6 Å². The number of halogens is 3. The van der Waals surface area contributed by atoms with Crippen LogP contribution < -0.4 is 10.5 Å². The average molecular weight is 389 g/mol. The van der Waals surface area contributed by atoms with Gasteiger partial charge >= 0.3 is 0 Å². The Morgan fingerprint density at radius 3 is 2.60 bits per heavy atom. The smallest absolute Gasteiger partial charge is 0.244 e. The van der Waals surface area contributed by atoms with E-state index in [0.29, 0.717) is 0 Å². The van der Waals surface area contributed by atoms with Crippen molar-refractivity contribution in [3.05, 3.63) is 21.4 Å². The summed E-state index contributed by atoms with van der Waals surface area (Å²) in [5, 5.41) is -0.0526. The SMILES string of the molecule is CN(C)C(=O)CNS(=O)(=O)c1cc(Cl)c(Br)c(N)c1F. The monoisotopic (exact) mass is 387 g/mol. The second kappa shape index (κ2) is 6.25. The summed E-state index contributed by atoms with van der Waals surface area (Å²) in [6.45, 7) is -0.498. The van der Waals surface area contributed by atoms with Gasteiger partial charge in [-0.25, -0.2) is 17.5 Å². The maximum Gasteiger partial charge on any atom is 0.244 e. The molecule has 10 heteroatoms. The fraction of sp³-hybridized carbons (Fsp3) is 0.300. The second-order valence-electron chi connectivity index (χ2n) is 4.01. The molecular formula is C10H12BrClFN3O3S. The van der Waals surface area contributed by atoms with Gasteiger partial charge in [0.15, 0.2) is 5.82 Å². The van der Waals surface area contributed by atoms with Crippen molar-refractivity contribution in [2.45, 2.75) is 4.90 Å². The molecule has 0 spiro atoms. The number of hydrogen-bond donors (Lipinski definition) is 2. The topological polar surface area (TPSA) is 92.5 Å². The van der Waals surface area contributed by atoms with Crippen molar-refractivity contribution in [1.29, 1.82) is 0 Å². The van der Waals surface area contributed by atoms with Crippen LogP contribution >= 0.6 is 27.5 Å². The third-order valence-electron chi connectivity index (χ3n) is 2.36. The van der Waals surface area contributed by atoms with E-state index in [1.165, 1.54) is 19.0 Å². The summed E-state index contributed by atoms with van der Waals surface area (Å²) in [6.07, 6.45) is 0. The molecule has 0 radical (unpaired) electrons. The fourth-order valence-electron chi connectivity index (χ4n) is 1.19. The minimum atomic E-state index is -4.24. The Kier molecular flexibility index (Phi) is 5.36. The first kappa shape index (κ1) is 17.2. The Bertz CT molecular complexity index is 652. The van der Waals surface area contributed by atoms with Crippen LogP contribution in [-0.4, -0.2) is 39.9 Å². The predicted molar refractivity (Wildman–Crippen MR) is 77.4 cm³/mol. The third-order valence-corrected chi connectivity index (χ3v) is 5.14. The van der Waals surface area contributed by atoms with Crippen molar-refractivity contribution >= 4 is 49.1 Å². The van der Waals surface area contributed by atoms with Gasteiger partial charge in [-0.15, -0.1) is 0 Å². The van der Waals surface area contributed by atoms with Crippen LogP contribution in [0.5, 0.6) is 0 Å². The molecule has 0 aliphatic heterocycles. The Balaban J connectivity index is 3.14. The Morgan fingerprint density at radius 1 is 1.55 bits per heavy atom. The van der Waals surface area contributed by atoms with Crippen LogP contribution in [0.4, 0.5) is 10.1 Å². The van der Waals surface area contributed by atoms with Gasteiger partial charge in [0.25, 0.3) is 0 Å². The number of carbonyl (C=O) groups is 1. The molecule has 0 fully saturated rings. The highest BCUT2D eigenvalue weighted by Gasteiger charge is 2.24. The lowest BCUT2D eigenvalue weighted by Crippen LogP contribution is -2.36. The van der Waals surface area contributed by atoms with Gasteiger partial charge in [0, 0.05) is 14.1 Å². The van der Waals surface area contributed by atoms with E-state index in [9.17, 15) is 17.6 Å². The Hall–Kier alpha value is -0.900. The lowest BCUT2D eigenvalue weighted by atomic mass is 10.3. The zero-order chi connectivity index (χ0) is 15.7. The van der Waals surface area contributed by atoms with Gasteiger partial charge < -0.3 is 10.6 Å². The molecule has 0 aromatic heterocycles. The molecule has 0 unspecified atom stereocenters. The van der Waals surface area contributed by atoms with Crippen LogP contribution in [0.25, 0.3) is 0 Å². The molecule has 1 aromatic rings. The number of amides is 1. The van der Waals surface area contributed by atoms with Crippen LogP contribution in [0, 0.1) is 5.82 Å². The van der Waals surface area contributed by atoms with Crippen molar-refractivity contribution in [3.8, 4) is 0 Å². The molecule has 1 amide bonds.